The number of nitrogens with zero attached hydrogens (tertiary/aromatic N) is 3. The zero-order valence-electron chi connectivity index (χ0n) is 8.55. The maximum atomic E-state index is 11.6. The van der Waals surface area contributed by atoms with E-state index in [9.17, 15) is 4.79 Å². The number of aryl methyl sites for hydroxylation is 1. The zero-order valence-corrected chi connectivity index (χ0v) is 8.55. The summed E-state index contributed by atoms with van der Waals surface area (Å²) in [6.45, 7) is 2.41. The van der Waals surface area contributed by atoms with Crippen molar-refractivity contribution in [3.8, 4) is 0 Å². The molecule has 0 aliphatic carbocycles. The van der Waals surface area contributed by atoms with Crippen LogP contribution in [0.25, 0.3) is 0 Å². The van der Waals surface area contributed by atoms with Crippen LogP contribution < -0.4 is 4.90 Å². The van der Waals surface area contributed by atoms with Gasteiger partial charge in [-0.1, -0.05) is 0 Å². The minimum atomic E-state index is 0.0292. The van der Waals surface area contributed by atoms with Gasteiger partial charge in [-0.15, -0.1) is 0 Å². The Morgan fingerprint density at radius 2 is 2.20 bits per heavy atom. The molecule has 2 heterocycles. The third kappa shape index (κ3) is 1.97. The van der Waals surface area contributed by atoms with E-state index in [0.29, 0.717) is 24.5 Å². The lowest BCUT2D eigenvalue weighted by Crippen LogP contribution is -2.25. The Kier molecular flexibility index (Phi) is 2.64. The molecule has 80 valence electrons. The van der Waals surface area contributed by atoms with Gasteiger partial charge in [0.15, 0.2) is 0 Å². The van der Waals surface area contributed by atoms with Crippen molar-refractivity contribution in [1.82, 2.24) is 9.97 Å². The van der Waals surface area contributed by atoms with Crippen molar-refractivity contribution in [3.05, 3.63) is 18.2 Å². The molecule has 1 unspecified atom stereocenters. The van der Waals surface area contributed by atoms with Crippen LogP contribution in [0.5, 0.6) is 0 Å². The molecular weight excluding hydrogens is 194 g/mol. The predicted molar refractivity (Wildman–Crippen MR) is 54.3 cm³/mol. The molecule has 15 heavy (non-hydrogen) atoms. The van der Waals surface area contributed by atoms with Gasteiger partial charge in [0, 0.05) is 25.5 Å². The molecule has 5 heteroatoms. The van der Waals surface area contributed by atoms with E-state index in [1.54, 1.807) is 24.2 Å². The maximum Gasteiger partial charge on any atom is 0.227 e. The van der Waals surface area contributed by atoms with Crippen LogP contribution in [0.3, 0.4) is 0 Å². The fraction of sp³-hybridized carbons (Fsp3) is 0.500. The lowest BCUT2D eigenvalue weighted by Gasteiger charge is -2.15. The Morgan fingerprint density at radius 1 is 1.53 bits per heavy atom. The Hall–Kier alpha value is -1.49. The summed E-state index contributed by atoms with van der Waals surface area (Å²) < 4.78 is 0. The first kappa shape index (κ1) is 10.0. The van der Waals surface area contributed by atoms with Crippen molar-refractivity contribution in [2.45, 2.75) is 13.3 Å². The smallest absolute Gasteiger partial charge is 0.227 e. The number of rotatable bonds is 2. The van der Waals surface area contributed by atoms with Crippen molar-refractivity contribution in [2.24, 2.45) is 5.92 Å². The van der Waals surface area contributed by atoms with E-state index in [-0.39, 0.29) is 18.4 Å². The second kappa shape index (κ2) is 3.94. The Balaban J connectivity index is 2.18. The molecule has 5 nitrogen and oxygen atoms in total. The molecule has 1 amide bonds. The van der Waals surface area contributed by atoms with Gasteiger partial charge in [-0.25, -0.2) is 9.97 Å². The Morgan fingerprint density at radius 3 is 2.73 bits per heavy atom. The quantitative estimate of drug-likeness (QED) is 0.748. The lowest BCUT2D eigenvalue weighted by molar-refractivity contribution is -0.117. The summed E-state index contributed by atoms with van der Waals surface area (Å²) in [5, 5.41) is 8.98. The SMILES string of the molecule is Cc1ncc(N2CC(CO)CC2=O)cn1. The van der Waals surface area contributed by atoms with Crippen molar-refractivity contribution in [1.29, 1.82) is 0 Å². The topological polar surface area (TPSA) is 66.3 Å². The molecule has 0 radical (unpaired) electrons. The highest BCUT2D eigenvalue weighted by molar-refractivity contribution is 5.95. The van der Waals surface area contributed by atoms with E-state index >= 15 is 0 Å². The van der Waals surface area contributed by atoms with Gasteiger partial charge >= 0.3 is 0 Å². The van der Waals surface area contributed by atoms with Gasteiger partial charge in [0.1, 0.15) is 5.82 Å². The monoisotopic (exact) mass is 207 g/mol. The van der Waals surface area contributed by atoms with Gasteiger partial charge in [-0.3, -0.25) is 4.79 Å². The maximum absolute atomic E-state index is 11.6. The summed E-state index contributed by atoms with van der Waals surface area (Å²) in [5.74, 6) is 0.754. The molecule has 1 aliphatic heterocycles. The van der Waals surface area contributed by atoms with Gasteiger partial charge in [-0.2, -0.15) is 0 Å². The molecular formula is C10H13N3O2. The first-order valence-corrected chi connectivity index (χ1v) is 4.90. The van der Waals surface area contributed by atoms with Crippen LogP contribution in [0.4, 0.5) is 5.69 Å². The van der Waals surface area contributed by atoms with Crippen LogP contribution >= 0.6 is 0 Å². The normalized spacial score (nSPS) is 21.1. The number of carbonyl (C=O) groups excluding carboxylic acids is 1. The number of aliphatic hydroxyl groups is 1. The number of hydrogen-bond acceptors (Lipinski definition) is 4. The first-order valence-electron chi connectivity index (χ1n) is 4.90. The third-order valence-corrected chi connectivity index (χ3v) is 2.54. The van der Waals surface area contributed by atoms with Crippen LogP contribution in [0.1, 0.15) is 12.2 Å². The Bertz CT molecular complexity index is 363. The molecule has 1 aromatic rings. The largest absolute Gasteiger partial charge is 0.396 e. The standard InChI is InChI=1S/C10H13N3O2/c1-7-11-3-9(4-12-7)13-5-8(6-14)2-10(13)15/h3-4,8,14H,2,5-6H2,1H3. The van der Waals surface area contributed by atoms with E-state index in [2.05, 4.69) is 9.97 Å². The van der Waals surface area contributed by atoms with Gasteiger partial charge in [0.2, 0.25) is 5.91 Å². The molecule has 2 rings (SSSR count). The van der Waals surface area contributed by atoms with E-state index in [4.69, 9.17) is 5.11 Å². The average molecular weight is 207 g/mol. The predicted octanol–water partition coefficient (Wildman–Crippen LogP) is 0.130. The molecule has 1 aliphatic rings. The second-order valence-corrected chi connectivity index (χ2v) is 3.75. The minimum absolute atomic E-state index is 0.0292. The third-order valence-electron chi connectivity index (χ3n) is 2.54. The molecule has 1 atom stereocenters. The summed E-state index contributed by atoms with van der Waals surface area (Å²) in [6, 6.07) is 0. The Labute approximate surface area is 87.8 Å². The number of amides is 1. The van der Waals surface area contributed by atoms with Crippen LogP contribution in [0.15, 0.2) is 12.4 Å². The molecule has 0 spiro atoms. The van der Waals surface area contributed by atoms with Gasteiger partial charge in [-0.05, 0) is 6.92 Å². The highest BCUT2D eigenvalue weighted by atomic mass is 16.3. The van der Waals surface area contributed by atoms with Gasteiger partial charge in [0.25, 0.3) is 0 Å². The van der Waals surface area contributed by atoms with E-state index in [0.717, 1.165) is 0 Å². The van der Waals surface area contributed by atoms with Crippen LogP contribution in [0.2, 0.25) is 0 Å². The number of anilines is 1. The lowest BCUT2D eigenvalue weighted by atomic mass is 10.1. The number of aliphatic hydroxyl groups excluding tert-OH is 1. The molecule has 1 aromatic heterocycles. The molecule has 0 bridgehead atoms. The highest BCUT2D eigenvalue weighted by Crippen LogP contribution is 2.23. The molecule has 1 fully saturated rings. The molecule has 1 N–H and O–H groups in total. The zero-order chi connectivity index (χ0) is 10.8. The van der Waals surface area contributed by atoms with Gasteiger partial charge < -0.3 is 10.0 Å². The van der Waals surface area contributed by atoms with E-state index in [1.807, 2.05) is 0 Å². The molecule has 0 aromatic carbocycles. The fourth-order valence-corrected chi connectivity index (χ4v) is 1.68. The first-order chi connectivity index (χ1) is 7.20. The summed E-state index contributed by atoms with van der Waals surface area (Å²) in [6.07, 6.45) is 3.68. The average Bonchev–Trinajstić information content (AvgIpc) is 2.61. The van der Waals surface area contributed by atoms with Crippen molar-refractivity contribution in [2.75, 3.05) is 18.1 Å². The fourth-order valence-electron chi connectivity index (χ4n) is 1.68. The van der Waals surface area contributed by atoms with Gasteiger partial charge in [0.05, 0.1) is 18.1 Å². The summed E-state index contributed by atoms with van der Waals surface area (Å²) in [7, 11) is 0. The van der Waals surface area contributed by atoms with E-state index in [1.165, 1.54) is 0 Å². The van der Waals surface area contributed by atoms with Crippen molar-refractivity contribution < 1.29 is 9.90 Å². The van der Waals surface area contributed by atoms with E-state index < -0.39 is 0 Å². The minimum Gasteiger partial charge on any atom is -0.396 e. The number of hydrogen-bond donors (Lipinski definition) is 1. The summed E-state index contributed by atoms with van der Waals surface area (Å²) in [4.78, 5) is 21.3. The number of aromatic nitrogens is 2. The second-order valence-electron chi connectivity index (χ2n) is 3.75. The number of carbonyl (C=O) groups is 1. The van der Waals surface area contributed by atoms with Crippen molar-refractivity contribution in [3.63, 3.8) is 0 Å². The van der Waals surface area contributed by atoms with Crippen LogP contribution in [-0.4, -0.2) is 34.1 Å². The highest BCUT2D eigenvalue weighted by Gasteiger charge is 2.30. The summed E-state index contributed by atoms with van der Waals surface area (Å²) >= 11 is 0. The molecule has 1 saturated heterocycles. The molecule has 0 saturated carbocycles. The van der Waals surface area contributed by atoms with Crippen LogP contribution in [0, 0.1) is 12.8 Å². The van der Waals surface area contributed by atoms with Crippen molar-refractivity contribution >= 4 is 11.6 Å². The summed E-state index contributed by atoms with van der Waals surface area (Å²) in [5.41, 5.74) is 0.710. The van der Waals surface area contributed by atoms with Crippen LogP contribution in [-0.2, 0) is 4.79 Å².